The molecule has 6 heteroatoms. The van der Waals surface area contributed by atoms with Crippen molar-refractivity contribution in [3.05, 3.63) is 47.8 Å². The number of imidazole rings is 1. The van der Waals surface area contributed by atoms with Crippen molar-refractivity contribution in [1.82, 2.24) is 20.3 Å². The lowest BCUT2D eigenvalue weighted by Gasteiger charge is -2.04. The van der Waals surface area contributed by atoms with E-state index in [4.69, 9.17) is 5.11 Å². The number of rotatable bonds is 4. The highest BCUT2D eigenvalue weighted by atomic mass is 16.2. The zero-order valence-electron chi connectivity index (χ0n) is 10.8. The lowest BCUT2D eigenvalue weighted by molar-refractivity contribution is 0.0944. The van der Waals surface area contributed by atoms with E-state index in [1.165, 1.54) is 0 Å². The summed E-state index contributed by atoms with van der Waals surface area (Å²) in [6.07, 6.45) is 5.21. The van der Waals surface area contributed by atoms with Gasteiger partial charge in [-0.3, -0.25) is 4.79 Å². The number of pyridine rings is 1. The summed E-state index contributed by atoms with van der Waals surface area (Å²) in [7, 11) is 0. The van der Waals surface area contributed by atoms with Gasteiger partial charge in [0.05, 0.1) is 18.7 Å². The Kier molecular flexibility index (Phi) is 4.87. The molecule has 0 aliphatic heterocycles. The van der Waals surface area contributed by atoms with Crippen molar-refractivity contribution >= 4 is 5.91 Å². The third kappa shape index (κ3) is 3.67. The summed E-state index contributed by atoms with van der Waals surface area (Å²) in [6, 6.07) is 3.44. The van der Waals surface area contributed by atoms with Crippen LogP contribution in [0.4, 0.5) is 0 Å². The lowest BCUT2D eigenvalue weighted by Crippen LogP contribution is -2.25. The molecular weight excluding hydrogens is 256 g/mol. The number of aliphatic hydroxyl groups is 1. The van der Waals surface area contributed by atoms with Gasteiger partial charge in [-0.1, -0.05) is 11.8 Å². The van der Waals surface area contributed by atoms with Gasteiger partial charge in [0, 0.05) is 25.0 Å². The maximum Gasteiger partial charge on any atom is 0.271 e. The van der Waals surface area contributed by atoms with Gasteiger partial charge < -0.3 is 15.4 Å². The Balaban J connectivity index is 2.07. The molecule has 0 fully saturated rings. The molecule has 1 amide bonds. The van der Waals surface area contributed by atoms with Gasteiger partial charge in [0.2, 0.25) is 0 Å². The molecule has 0 radical (unpaired) electrons. The molecule has 102 valence electrons. The molecule has 0 saturated heterocycles. The highest BCUT2D eigenvalue weighted by Crippen LogP contribution is 2.04. The van der Waals surface area contributed by atoms with Gasteiger partial charge >= 0.3 is 0 Å². The minimum Gasteiger partial charge on any atom is -0.395 e. The summed E-state index contributed by atoms with van der Waals surface area (Å²) in [4.78, 5) is 23.0. The first-order chi connectivity index (χ1) is 9.81. The number of aliphatic hydroxyl groups excluding tert-OH is 1. The van der Waals surface area contributed by atoms with Crippen LogP contribution in [-0.2, 0) is 6.54 Å². The summed E-state index contributed by atoms with van der Waals surface area (Å²) in [5.74, 6) is 5.97. The number of nitrogens with zero attached hydrogens (tertiary/aromatic N) is 2. The molecule has 0 spiro atoms. The minimum atomic E-state index is -0.310. The summed E-state index contributed by atoms with van der Waals surface area (Å²) in [5.41, 5.74) is 0.808. The molecule has 2 aromatic rings. The fourth-order valence-electron chi connectivity index (χ4n) is 1.54. The van der Waals surface area contributed by atoms with Crippen LogP contribution < -0.4 is 5.32 Å². The highest BCUT2D eigenvalue weighted by Gasteiger charge is 2.11. The van der Waals surface area contributed by atoms with Crippen molar-refractivity contribution in [2.75, 3.05) is 6.61 Å². The predicted octanol–water partition coefficient (Wildman–Crippen LogP) is 0.469. The Bertz CT molecular complexity index is 626. The van der Waals surface area contributed by atoms with Gasteiger partial charge in [-0.2, -0.15) is 0 Å². The van der Waals surface area contributed by atoms with Crippen molar-refractivity contribution in [3.8, 4) is 11.8 Å². The van der Waals surface area contributed by atoms with Crippen LogP contribution in [0.3, 0.4) is 0 Å². The molecule has 6 nitrogen and oxygen atoms in total. The number of hydrogen-bond acceptors (Lipinski definition) is 4. The van der Waals surface area contributed by atoms with E-state index in [-0.39, 0.29) is 18.2 Å². The summed E-state index contributed by atoms with van der Waals surface area (Å²) in [5, 5.41) is 11.4. The number of hydrogen-bond donors (Lipinski definition) is 3. The van der Waals surface area contributed by atoms with Crippen molar-refractivity contribution in [2.24, 2.45) is 0 Å². The average molecular weight is 270 g/mol. The van der Waals surface area contributed by atoms with E-state index in [1.807, 2.05) is 0 Å². The van der Waals surface area contributed by atoms with E-state index in [2.05, 4.69) is 32.1 Å². The maximum absolute atomic E-state index is 12.1. The largest absolute Gasteiger partial charge is 0.395 e. The molecule has 20 heavy (non-hydrogen) atoms. The van der Waals surface area contributed by atoms with Crippen LogP contribution in [-0.4, -0.2) is 32.6 Å². The predicted molar refractivity (Wildman–Crippen MR) is 72.6 cm³/mol. The first kappa shape index (κ1) is 13.8. The second-order valence-electron chi connectivity index (χ2n) is 3.89. The smallest absolute Gasteiger partial charge is 0.271 e. The Morgan fingerprint density at radius 2 is 2.30 bits per heavy atom. The van der Waals surface area contributed by atoms with Gasteiger partial charge in [0.1, 0.15) is 11.5 Å². The SMILES string of the molecule is O=C(NCc1ncc[nH]1)c1ncccc1C#CCCO. The first-order valence-electron chi connectivity index (χ1n) is 6.12. The van der Waals surface area contributed by atoms with Crippen molar-refractivity contribution in [1.29, 1.82) is 0 Å². The average Bonchev–Trinajstić information content (AvgIpc) is 2.99. The van der Waals surface area contributed by atoms with Crippen molar-refractivity contribution in [2.45, 2.75) is 13.0 Å². The number of aromatic nitrogens is 3. The van der Waals surface area contributed by atoms with Crippen LogP contribution >= 0.6 is 0 Å². The fraction of sp³-hybridized carbons (Fsp3) is 0.214. The Labute approximate surface area is 116 Å². The molecule has 0 saturated carbocycles. The van der Waals surface area contributed by atoms with E-state index in [0.29, 0.717) is 24.4 Å². The molecule has 0 aromatic carbocycles. The van der Waals surface area contributed by atoms with E-state index < -0.39 is 0 Å². The molecule has 2 rings (SSSR count). The Morgan fingerprint density at radius 1 is 1.40 bits per heavy atom. The van der Waals surface area contributed by atoms with Gasteiger partial charge in [0.15, 0.2) is 0 Å². The zero-order chi connectivity index (χ0) is 14.2. The van der Waals surface area contributed by atoms with Crippen LogP contribution in [0.2, 0.25) is 0 Å². The van der Waals surface area contributed by atoms with E-state index >= 15 is 0 Å². The van der Waals surface area contributed by atoms with E-state index in [1.54, 1.807) is 30.7 Å². The Hall–Kier alpha value is -2.65. The van der Waals surface area contributed by atoms with Crippen molar-refractivity contribution < 1.29 is 9.90 Å². The van der Waals surface area contributed by atoms with Gasteiger partial charge in [-0.05, 0) is 12.1 Å². The topological polar surface area (TPSA) is 90.9 Å². The number of carbonyl (C=O) groups is 1. The number of H-pyrrole nitrogens is 1. The molecule has 2 heterocycles. The third-order valence-corrected chi connectivity index (χ3v) is 2.45. The van der Waals surface area contributed by atoms with Crippen molar-refractivity contribution in [3.63, 3.8) is 0 Å². The maximum atomic E-state index is 12.1. The summed E-state index contributed by atoms with van der Waals surface area (Å²) in [6.45, 7) is 0.291. The highest BCUT2D eigenvalue weighted by molar-refractivity contribution is 5.94. The number of carbonyl (C=O) groups excluding carboxylic acids is 1. The molecule has 0 aliphatic carbocycles. The standard InChI is InChI=1S/C14H14N4O2/c19-9-2-1-4-11-5-3-6-17-13(11)14(20)18-10-12-15-7-8-16-12/h3,5-8,19H,2,9-10H2,(H,15,16)(H,18,20). The second kappa shape index (κ2) is 7.07. The molecule has 0 unspecified atom stereocenters. The zero-order valence-corrected chi connectivity index (χ0v) is 10.8. The molecule has 3 N–H and O–H groups in total. The molecule has 2 aromatic heterocycles. The van der Waals surface area contributed by atoms with Gasteiger partial charge in [-0.25, -0.2) is 9.97 Å². The van der Waals surface area contributed by atoms with Crippen LogP contribution in [0.25, 0.3) is 0 Å². The van der Waals surface area contributed by atoms with Gasteiger partial charge in [0.25, 0.3) is 5.91 Å². The Morgan fingerprint density at radius 3 is 3.05 bits per heavy atom. The van der Waals surface area contributed by atoms with E-state index in [0.717, 1.165) is 0 Å². The van der Waals surface area contributed by atoms with Crippen LogP contribution in [0, 0.1) is 11.8 Å². The fourth-order valence-corrected chi connectivity index (χ4v) is 1.54. The number of aromatic amines is 1. The molecule has 0 aliphatic rings. The monoisotopic (exact) mass is 270 g/mol. The van der Waals surface area contributed by atoms with Crippen LogP contribution in [0.15, 0.2) is 30.7 Å². The molecule has 0 bridgehead atoms. The quantitative estimate of drug-likeness (QED) is 0.704. The first-order valence-corrected chi connectivity index (χ1v) is 6.12. The molecule has 0 atom stereocenters. The van der Waals surface area contributed by atoms with E-state index in [9.17, 15) is 4.79 Å². The summed E-state index contributed by atoms with van der Waals surface area (Å²) < 4.78 is 0. The van der Waals surface area contributed by atoms with Gasteiger partial charge in [-0.15, -0.1) is 0 Å². The third-order valence-electron chi connectivity index (χ3n) is 2.45. The molecular formula is C14H14N4O2. The summed E-state index contributed by atoms with van der Waals surface area (Å²) >= 11 is 0. The second-order valence-corrected chi connectivity index (χ2v) is 3.89. The minimum absolute atomic E-state index is 0.00666. The van der Waals surface area contributed by atoms with Crippen LogP contribution in [0.5, 0.6) is 0 Å². The normalized spacial score (nSPS) is 9.65. The lowest BCUT2D eigenvalue weighted by atomic mass is 10.2. The number of amides is 1. The number of nitrogens with one attached hydrogen (secondary N) is 2. The van der Waals surface area contributed by atoms with Crippen LogP contribution in [0.1, 0.15) is 28.3 Å².